The second-order valence-electron chi connectivity index (χ2n) is 4.24. The average Bonchev–Trinajstić information content (AvgIpc) is 2.33. The predicted octanol–water partition coefficient (Wildman–Crippen LogP) is 2.09. The van der Waals surface area contributed by atoms with E-state index in [1.807, 2.05) is 19.1 Å². The molecule has 0 spiro atoms. The molecular formula is C13H18N2O. The van der Waals surface area contributed by atoms with E-state index < -0.39 is 0 Å². The minimum atomic E-state index is 0.129. The first-order valence-electron chi connectivity index (χ1n) is 5.81. The molecule has 3 nitrogen and oxygen atoms in total. The summed E-state index contributed by atoms with van der Waals surface area (Å²) in [6.07, 6.45) is 1.54. The van der Waals surface area contributed by atoms with Gasteiger partial charge in [0.2, 0.25) is 5.91 Å². The smallest absolute Gasteiger partial charge is 0.220 e. The Morgan fingerprint density at radius 3 is 3.00 bits per heavy atom. The van der Waals surface area contributed by atoms with Crippen LogP contribution in [0.1, 0.15) is 31.4 Å². The van der Waals surface area contributed by atoms with Crippen LogP contribution in [0.2, 0.25) is 0 Å². The Labute approximate surface area is 96.5 Å². The zero-order valence-electron chi connectivity index (χ0n) is 9.86. The molecule has 1 heterocycles. The quantitative estimate of drug-likeness (QED) is 0.824. The highest BCUT2D eigenvalue weighted by Crippen LogP contribution is 2.32. The highest BCUT2D eigenvalue weighted by Gasteiger charge is 2.23. The number of hydrogen-bond donors (Lipinski definition) is 1. The van der Waals surface area contributed by atoms with Crippen LogP contribution in [0.25, 0.3) is 0 Å². The van der Waals surface area contributed by atoms with Gasteiger partial charge in [-0.15, -0.1) is 0 Å². The Hall–Kier alpha value is -1.51. The van der Waals surface area contributed by atoms with Crippen molar-refractivity contribution < 1.29 is 4.79 Å². The van der Waals surface area contributed by atoms with Crippen LogP contribution in [0.4, 0.5) is 5.69 Å². The van der Waals surface area contributed by atoms with Crippen LogP contribution >= 0.6 is 0 Å². The lowest BCUT2D eigenvalue weighted by Crippen LogP contribution is -2.36. The maximum absolute atomic E-state index is 11.4. The summed E-state index contributed by atoms with van der Waals surface area (Å²) < 4.78 is 0. The van der Waals surface area contributed by atoms with Crippen LogP contribution in [0.5, 0.6) is 0 Å². The summed E-state index contributed by atoms with van der Waals surface area (Å²) in [5.74, 6) is 0.129. The van der Waals surface area contributed by atoms with Crippen molar-refractivity contribution in [2.45, 2.75) is 25.8 Å². The minimum absolute atomic E-state index is 0.129. The fourth-order valence-electron chi connectivity index (χ4n) is 2.17. The molecule has 0 radical (unpaired) electrons. The molecule has 0 saturated carbocycles. The Morgan fingerprint density at radius 1 is 1.50 bits per heavy atom. The van der Waals surface area contributed by atoms with Crippen LogP contribution < -0.4 is 10.2 Å². The second-order valence-corrected chi connectivity index (χ2v) is 4.24. The fourth-order valence-corrected chi connectivity index (χ4v) is 2.17. The molecule has 1 aromatic carbocycles. The van der Waals surface area contributed by atoms with Crippen molar-refractivity contribution in [2.75, 3.05) is 18.5 Å². The van der Waals surface area contributed by atoms with E-state index in [-0.39, 0.29) is 11.9 Å². The molecule has 86 valence electrons. The standard InChI is InChI=1S/C13H18N2O/c1-3-13(16)14-11-8-9-15(2)12-7-5-4-6-10(11)12/h4-7,11H,3,8-9H2,1-2H3,(H,14,16). The number of benzene rings is 1. The lowest BCUT2D eigenvalue weighted by Gasteiger charge is -2.33. The topological polar surface area (TPSA) is 32.3 Å². The van der Waals surface area contributed by atoms with Gasteiger partial charge in [-0.05, 0) is 18.1 Å². The number of carbonyl (C=O) groups excluding carboxylic acids is 1. The van der Waals surface area contributed by atoms with E-state index in [0.29, 0.717) is 6.42 Å². The molecule has 0 saturated heterocycles. The van der Waals surface area contributed by atoms with E-state index in [9.17, 15) is 4.79 Å². The zero-order chi connectivity index (χ0) is 11.5. The molecule has 2 rings (SSSR count). The molecule has 1 aliphatic heterocycles. The van der Waals surface area contributed by atoms with Gasteiger partial charge < -0.3 is 10.2 Å². The summed E-state index contributed by atoms with van der Waals surface area (Å²) >= 11 is 0. The van der Waals surface area contributed by atoms with E-state index in [1.165, 1.54) is 11.3 Å². The Kier molecular flexibility index (Phi) is 3.13. The Morgan fingerprint density at radius 2 is 2.25 bits per heavy atom. The van der Waals surface area contributed by atoms with Crippen molar-refractivity contribution in [1.29, 1.82) is 0 Å². The van der Waals surface area contributed by atoms with Crippen LogP contribution in [0.15, 0.2) is 24.3 Å². The summed E-state index contributed by atoms with van der Waals surface area (Å²) in [6.45, 7) is 2.88. The third-order valence-corrected chi connectivity index (χ3v) is 3.13. The first kappa shape index (κ1) is 11.0. The Balaban J connectivity index is 2.24. The molecule has 0 fully saturated rings. The number of para-hydroxylation sites is 1. The molecule has 1 unspecified atom stereocenters. The van der Waals surface area contributed by atoms with E-state index in [4.69, 9.17) is 0 Å². The van der Waals surface area contributed by atoms with Crippen LogP contribution in [-0.2, 0) is 4.79 Å². The van der Waals surface area contributed by atoms with Gasteiger partial charge in [0, 0.05) is 25.7 Å². The molecule has 0 aromatic heterocycles. The van der Waals surface area contributed by atoms with E-state index in [2.05, 4.69) is 29.4 Å². The first-order valence-corrected chi connectivity index (χ1v) is 5.81. The van der Waals surface area contributed by atoms with Gasteiger partial charge in [0.1, 0.15) is 0 Å². The molecule has 3 heteroatoms. The van der Waals surface area contributed by atoms with Crippen molar-refractivity contribution in [3.8, 4) is 0 Å². The fraction of sp³-hybridized carbons (Fsp3) is 0.462. The minimum Gasteiger partial charge on any atom is -0.374 e. The number of fused-ring (bicyclic) bond motifs is 1. The molecule has 1 aliphatic rings. The number of hydrogen-bond acceptors (Lipinski definition) is 2. The predicted molar refractivity (Wildman–Crippen MR) is 65.5 cm³/mol. The van der Waals surface area contributed by atoms with Gasteiger partial charge in [-0.3, -0.25) is 4.79 Å². The normalized spacial score (nSPS) is 19.1. The molecule has 0 aliphatic carbocycles. The van der Waals surface area contributed by atoms with Gasteiger partial charge in [-0.2, -0.15) is 0 Å². The SMILES string of the molecule is CCC(=O)NC1CCN(C)c2ccccc21. The van der Waals surface area contributed by atoms with Crippen molar-refractivity contribution in [3.63, 3.8) is 0 Å². The number of nitrogens with one attached hydrogen (secondary N) is 1. The van der Waals surface area contributed by atoms with Crippen molar-refractivity contribution in [3.05, 3.63) is 29.8 Å². The van der Waals surface area contributed by atoms with E-state index >= 15 is 0 Å². The Bertz CT molecular complexity index is 389. The highest BCUT2D eigenvalue weighted by molar-refractivity contribution is 5.76. The van der Waals surface area contributed by atoms with Gasteiger partial charge in [0.15, 0.2) is 0 Å². The van der Waals surface area contributed by atoms with Crippen molar-refractivity contribution >= 4 is 11.6 Å². The number of nitrogens with zero attached hydrogens (tertiary/aromatic N) is 1. The van der Waals surface area contributed by atoms with Gasteiger partial charge in [0.25, 0.3) is 0 Å². The van der Waals surface area contributed by atoms with Gasteiger partial charge in [-0.1, -0.05) is 25.1 Å². The van der Waals surface area contributed by atoms with Crippen LogP contribution in [0, 0.1) is 0 Å². The summed E-state index contributed by atoms with van der Waals surface area (Å²) in [6, 6.07) is 8.47. The number of carbonyl (C=O) groups is 1. The van der Waals surface area contributed by atoms with Crippen molar-refractivity contribution in [1.82, 2.24) is 5.32 Å². The maximum atomic E-state index is 11.4. The van der Waals surface area contributed by atoms with Gasteiger partial charge in [0.05, 0.1) is 6.04 Å². The molecule has 1 N–H and O–H groups in total. The third-order valence-electron chi connectivity index (χ3n) is 3.13. The number of rotatable bonds is 2. The van der Waals surface area contributed by atoms with Crippen molar-refractivity contribution in [2.24, 2.45) is 0 Å². The second kappa shape index (κ2) is 4.56. The summed E-state index contributed by atoms with van der Waals surface area (Å²) in [4.78, 5) is 13.7. The van der Waals surface area contributed by atoms with Gasteiger partial charge >= 0.3 is 0 Å². The maximum Gasteiger partial charge on any atom is 0.220 e. The zero-order valence-corrected chi connectivity index (χ0v) is 9.86. The molecule has 0 bridgehead atoms. The van der Waals surface area contributed by atoms with Gasteiger partial charge in [-0.25, -0.2) is 0 Å². The highest BCUT2D eigenvalue weighted by atomic mass is 16.1. The van der Waals surface area contributed by atoms with E-state index in [0.717, 1.165) is 13.0 Å². The third kappa shape index (κ3) is 2.03. The summed E-state index contributed by atoms with van der Waals surface area (Å²) in [7, 11) is 2.09. The molecule has 1 amide bonds. The number of amides is 1. The monoisotopic (exact) mass is 218 g/mol. The molecule has 1 atom stereocenters. The molecular weight excluding hydrogens is 200 g/mol. The first-order chi connectivity index (χ1) is 7.72. The molecule has 1 aromatic rings. The lowest BCUT2D eigenvalue weighted by atomic mass is 9.96. The van der Waals surface area contributed by atoms with Crippen LogP contribution in [0.3, 0.4) is 0 Å². The summed E-state index contributed by atoms with van der Waals surface area (Å²) in [5, 5.41) is 3.08. The van der Waals surface area contributed by atoms with E-state index in [1.54, 1.807) is 0 Å². The van der Waals surface area contributed by atoms with Crippen LogP contribution in [-0.4, -0.2) is 19.5 Å². The molecule has 16 heavy (non-hydrogen) atoms. The summed E-state index contributed by atoms with van der Waals surface area (Å²) in [5.41, 5.74) is 2.47. The average molecular weight is 218 g/mol. The lowest BCUT2D eigenvalue weighted by molar-refractivity contribution is -0.121. The number of anilines is 1. The largest absolute Gasteiger partial charge is 0.374 e.